The molecule has 34 heavy (non-hydrogen) atoms. The van der Waals surface area contributed by atoms with Gasteiger partial charge in [0.1, 0.15) is 17.4 Å². The van der Waals surface area contributed by atoms with E-state index in [0.29, 0.717) is 17.9 Å². The molecule has 12 heteroatoms. The highest BCUT2D eigenvalue weighted by molar-refractivity contribution is 5.57. The Hall–Kier alpha value is -3.96. The van der Waals surface area contributed by atoms with Crippen LogP contribution in [0.2, 0.25) is 0 Å². The van der Waals surface area contributed by atoms with Gasteiger partial charge in [-0.05, 0) is 61.7 Å². The van der Waals surface area contributed by atoms with Gasteiger partial charge in [-0.2, -0.15) is 4.98 Å². The van der Waals surface area contributed by atoms with Crippen molar-refractivity contribution < 1.29 is 22.4 Å². The van der Waals surface area contributed by atoms with Crippen molar-refractivity contribution >= 4 is 5.82 Å². The number of halogens is 3. The number of hydrogen-bond acceptors (Lipinski definition) is 8. The molecule has 0 N–H and O–H groups in total. The zero-order valence-corrected chi connectivity index (χ0v) is 18.2. The first-order valence-corrected chi connectivity index (χ1v) is 10.7. The van der Waals surface area contributed by atoms with E-state index in [9.17, 15) is 13.2 Å². The van der Waals surface area contributed by atoms with Crippen LogP contribution in [0, 0.1) is 6.92 Å². The van der Waals surface area contributed by atoms with E-state index in [4.69, 9.17) is 4.52 Å². The minimum atomic E-state index is -4.75. The van der Waals surface area contributed by atoms with Gasteiger partial charge in [-0.3, -0.25) is 0 Å². The lowest BCUT2D eigenvalue weighted by molar-refractivity contribution is -0.274. The van der Waals surface area contributed by atoms with Crippen molar-refractivity contribution in [1.82, 2.24) is 29.9 Å². The number of pyridine rings is 1. The van der Waals surface area contributed by atoms with Crippen molar-refractivity contribution in [2.45, 2.75) is 32.7 Å². The standard InChI is InChI=1S/C22H20F3N7O2/c1-14-27-20(29-32(14)13-15-8-9-26-18(12-15)31-10-2-3-11-31)21-28-19(30-34-21)16-4-6-17(7-5-16)33-22(23,24)25/h4-9,12H,2-3,10-11,13H2,1H3. The van der Waals surface area contributed by atoms with Crippen molar-refractivity contribution in [2.24, 2.45) is 0 Å². The van der Waals surface area contributed by atoms with Gasteiger partial charge in [-0.25, -0.2) is 14.6 Å². The van der Waals surface area contributed by atoms with Crippen LogP contribution in [0.3, 0.4) is 0 Å². The van der Waals surface area contributed by atoms with Crippen LogP contribution < -0.4 is 9.64 Å². The molecule has 0 bridgehead atoms. The Morgan fingerprint density at radius 2 is 1.79 bits per heavy atom. The van der Waals surface area contributed by atoms with Gasteiger partial charge in [-0.15, -0.1) is 18.3 Å². The van der Waals surface area contributed by atoms with Crippen LogP contribution in [0.5, 0.6) is 5.75 Å². The molecule has 0 amide bonds. The zero-order chi connectivity index (χ0) is 23.7. The van der Waals surface area contributed by atoms with E-state index < -0.39 is 6.36 Å². The highest BCUT2D eigenvalue weighted by Gasteiger charge is 2.31. The summed E-state index contributed by atoms with van der Waals surface area (Å²) in [5.74, 6) is 1.87. The molecule has 4 aromatic rings. The first-order chi connectivity index (χ1) is 16.3. The van der Waals surface area contributed by atoms with Crippen molar-refractivity contribution in [3.8, 4) is 28.9 Å². The Balaban J connectivity index is 1.31. The first-order valence-electron chi connectivity index (χ1n) is 10.7. The van der Waals surface area contributed by atoms with E-state index in [1.807, 2.05) is 13.0 Å². The van der Waals surface area contributed by atoms with Crippen LogP contribution in [-0.2, 0) is 6.54 Å². The molecule has 4 heterocycles. The predicted molar refractivity (Wildman–Crippen MR) is 115 cm³/mol. The number of hydrogen-bond donors (Lipinski definition) is 0. The number of alkyl halides is 3. The first kappa shape index (κ1) is 21.9. The lowest BCUT2D eigenvalue weighted by Crippen LogP contribution is -2.19. The predicted octanol–water partition coefficient (Wildman–Crippen LogP) is 4.25. The minimum absolute atomic E-state index is 0.111. The Labute approximate surface area is 192 Å². The van der Waals surface area contributed by atoms with E-state index in [2.05, 4.69) is 40.9 Å². The Morgan fingerprint density at radius 3 is 2.53 bits per heavy atom. The second-order valence-corrected chi connectivity index (χ2v) is 7.85. The second-order valence-electron chi connectivity index (χ2n) is 7.85. The summed E-state index contributed by atoms with van der Waals surface area (Å²) in [5, 5.41) is 8.39. The summed E-state index contributed by atoms with van der Waals surface area (Å²) in [6, 6.07) is 9.19. The summed E-state index contributed by atoms with van der Waals surface area (Å²) in [7, 11) is 0. The van der Waals surface area contributed by atoms with Crippen molar-refractivity contribution in [3.63, 3.8) is 0 Å². The average Bonchev–Trinajstić information content (AvgIpc) is 3.55. The number of ether oxygens (including phenoxy) is 1. The quantitative estimate of drug-likeness (QED) is 0.412. The smallest absolute Gasteiger partial charge is 0.406 e. The molecule has 1 aliphatic heterocycles. The fourth-order valence-electron chi connectivity index (χ4n) is 3.75. The maximum Gasteiger partial charge on any atom is 0.573 e. The Bertz CT molecular complexity index is 1280. The van der Waals surface area contributed by atoms with E-state index in [1.54, 1.807) is 10.9 Å². The van der Waals surface area contributed by atoms with Gasteiger partial charge < -0.3 is 14.2 Å². The van der Waals surface area contributed by atoms with Gasteiger partial charge >= 0.3 is 6.36 Å². The topological polar surface area (TPSA) is 95.0 Å². The van der Waals surface area contributed by atoms with Crippen molar-refractivity contribution in [3.05, 3.63) is 54.0 Å². The number of anilines is 1. The molecule has 0 spiro atoms. The van der Waals surface area contributed by atoms with Crippen LogP contribution in [0.1, 0.15) is 24.2 Å². The summed E-state index contributed by atoms with van der Waals surface area (Å²) in [5.41, 5.74) is 1.51. The van der Waals surface area contributed by atoms with Crippen molar-refractivity contribution in [2.75, 3.05) is 18.0 Å². The normalized spacial score (nSPS) is 14.1. The van der Waals surface area contributed by atoms with Crippen LogP contribution in [0.4, 0.5) is 19.0 Å². The molecule has 0 atom stereocenters. The molecule has 1 fully saturated rings. The summed E-state index contributed by atoms with van der Waals surface area (Å²) < 4.78 is 47.9. The van der Waals surface area contributed by atoms with Gasteiger partial charge in [0.05, 0.1) is 6.54 Å². The summed E-state index contributed by atoms with van der Waals surface area (Å²) >= 11 is 0. The molecule has 9 nitrogen and oxygen atoms in total. The third kappa shape index (κ3) is 4.85. The van der Waals surface area contributed by atoms with Crippen molar-refractivity contribution in [1.29, 1.82) is 0 Å². The average molecular weight is 471 g/mol. The van der Waals surface area contributed by atoms with E-state index in [-0.39, 0.29) is 23.3 Å². The monoisotopic (exact) mass is 471 g/mol. The maximum absolute atomic E-state index is 12.3. The zero-order valence-electron chi connectivity index (χ0n) is 18.2. The van der Waals surface area contributed by atoms with Crippen LogP contribution in [0.15, 0.2) is 47.1 Å². The van der Waals surface area contributed by atoms with Gasteiger partial charge in [0.25, 0.3) is 5.89 Å². The molecule has 1 aliphatic rings. The fraction of sp³-hybridized carbons (Fsp3) is 0.318. The molecule has 0 saturated carbocycles. The number of aryl methyl sites for hydroxylation is 1. The van der Waals surface area contributed by atoms with Gasteiger partial charge in [0.2, 0.25) is 11.6 Å². The SMILES string of the molecule is Cc1nc(-c2nc(-c3ccc(OC(F)(F)F)cc3)no2)nn1Cc1ccnc(N2CCCC2)c1. The molecule has 3 aromatic heterocycles. The molecule has 1 saturated heterocycles. The number of aromatic nitrogens is 6. The maximum atomic E-state index is 12.3. The highest BCUT2D eigenvalue weighted by Crippen LogP contribution is 2.26. The minimum Gasteiger partial charge on any atom is -0.406 e. The van der Waals surface area contributed by atoms with E-state index in [0.717, 1.165) is 24.5 Å². The molecule has 0 unspecified atom stereocenters. The molecule has 5 rings (SSSR count). The summed E-state index contributed by atoms with van der Waals surface area (Å²) in [4.78, 5) is 15.5. The Kier molecular flexibility index (Phi) is 5.64. The summed E-state index contributed by atoms with van der Waals surface area (Å²) in [6.07, 6.45) is -0.606. The highest BCUT2D eigenvalue weighted by atomic mass is 19.4. The van der Waals surface area contributed by atoms with E-state index >= 15 is 0 Å². The van der Waals surface area contributed by atoms with Gasteiger partial charge in [0.15, 0.2) is 0 Å². The number of rotatable bonds is 6. The number of benzene rings is 1. The lowest BCUT2D eigenvalue weighted by Gasteiger charge is -2.16. The lowest BCUT2D eigenvalue weighted by atomic mass is 10.2. The summed E-state index contributed by atoms with van der Waals surface area (Å²) in [6.45, 7) is 4.36. The molecule has 0 radical (unpaired) electrons. The molecule has 176 valence electrons. The van der Waals surface area contributed by atoms with Crippen LogP contribution in [-0.4, -0.2) is 49.3 Å². The van der Waals surface area contributed by atoms with Crippen LogP contribution >= 0.6 is 0 Å². The van der Waals surface area contributed by atoms with Gasteiger partial charge in [-0.1, -0.05) is 5.16 Å². The Morgan fingerprint density at radius 1 is 1.03 bits per heavy atom. The fourth-order valence-corrected chi connectivity index (χ4v) is 3.75. The molecular formula is C22H20F3N7O2. The third-order valence-corrected chi connectivity index (χ3v) is 5.39. The molecule has 1 aromatic carbocycles. The molecule has 0 aliphatic carbocycles. The number of nitrogens with zero attached hydrogens (tertiary/aromatic N) is 7. The van der Waals surface area contributed by atoms with E-state index in [1.165, 1.54) is 37.1 Å². The largest absolute Gasteiger partial charge is 0.573 e. The van der Waals surface area contributed by atoms with Crippen LogP contribution in [0.25, 0.3) is 23.1 Å². The van der Waals surface area contributed by atoms with Gasteiger partial charge in [0, 0.05) is 24.8 Å². The third-order valence-electron chi connectivity index (χ3n) is 5.39. The second kappa shape index (κ2) is 8.76. The molecular weight excluding hydrogens is 451 g/mol.